The van der Waals surface area contributed by atoms with Gasteiger partial charge in [-0.2, -0.15) is 0 Å². The molecule has 0 amide bonds. The normalized spacial score (nSPS) is 10.6. The zero-order valence-electron chi connectivity index (χ0n) is 10.1. The van der Waals surface area contributed by atoms with Gasteiger partial charge in [-0.25, -0.2) is 4.98 Å². The first-order valence-electron chi connectivity index (χ1n) is 5.81. The van der Waals surface area contributed by atoms with E-state index in [0.29, 0.717) is 17.4 Å². The van der Waals surface area contributed by atoms with E-state index < -0.39 is 0 Å². The number of benzene rings is 1. The highest BCUT2D eigenvalue weighted by Crippen LogP contribution is 2.24. The number of ether oxygens (including phenoxy) is 1. The van der Waals surface area contributed by atoms with Crippen LogP contribution < -0.4 is 10.1 Å². The van der Waals surface area contributed by atoms with E-state index in [-0.39, 0.29) is 0 Å². The lowest BCUT2D eigenvalue weighted by Gasteiger charge is -2.05. The second-order valence-electron chi connectivity index (χ2n) is 3.72. The van der Waals surface area contributed by atoms with Crippen molar-refractivity contribution in [2.45, 2.75) is 20.1 Å². The van der Waals surface area contributed by atoms with Gasteiger partial charge in [0.25, 0.3) is 0 Å². The Balaban J connectivity index is 1.90. The molecule has 5 heteroatoms. The zero-order valence-corrected chi connectivity index (χ0v) is 11.7. The molecule has 0 radical (unpaired) electrons. The third-order valence-electron chi connectivity index (χ3n) is 2.34. The van der Waals surface area contributed by atoms with E-state index in [9.17, 15) is 0 Å². The molecule has 0 atom stereocenters. The SMILES string of the molecule is CCNCc1cnc(COc2ccccc2Cl)s1. The molecule has 1 aromatic carbocycles. The van der Waals surface area contributed by atoms with Crippen LogP contribution in [0.1, 0.15) is 16.8 Å². The molecule has 0 spiro atoms. The first kappa shape index (κ1) is 13.3. The standard InChI is InChI=1S/C13H15ClN2OS/c1-2-15-7-10-8-16-13(18-10)9-17-12-6-4-3-5-11(12)14/h3-6,8,15H,2,7,9H2,1H3. The molecule has 3 nitrogen and oxygen atoms in total. The summed E-state index contributed by atoms with van der Waals surface area (Å²) in [7, 11) is 0. The summed E-state index contributed by atoms with van der Waals surface area (Å²) in [5.41, 5.74) is 0. The first-order valence-corrected chi connectivity index (χ1v) is 7.00. The van der Waals surface area contributed by atoms with Crippen LogP contribution in [0.15, 0.2) is 30.5 Å². The van der Waals surface area contributed by atoms with Crippen molar-refractivity contribution in [1.82, 2.24) is 10.3 Å². The van der Waals surface area contributed by atoms with Crippen LogP contribution in [0.5, 0.6) is 5.75 Å². The molecule has 18 heavy (non-hydrogen) atoms. The molecule has 1 aromatic heterocycles. The highest BCUT2D eigenvalue weighted by Gasteiger charge is 2.04. The average Bonchev–Trinajstić information content (AvgIpc) is 2.83. The molecule has 0 unspecified atom stereocenters. The fraction of sp³-hybridized carbons (Fsp3) is 0.308. The van der Waals surface area contributed by atoms with Crippen LogP contribution in [0.2, 0.25) is 5.02 Å². The molecule has 0 bridgehead atoms. The topological polar surface area (TPSA) is 34.2 Å². The number of nitrogens with zero attached hydrogens (tertiary/aromatic N) is 1. The number of rotatable bonds is 6. The Labute approximate surface area is 116 Å². The van der Waals surface area contributed by atoms with Gasteiger partial charge < -0.3 is 10.1 Å². The molecule has 0 aliphatic carbocycles. The Morgan fingerprint density at radius 1 is 1.39 bits per heavy atom. The lowest BCUT2D eigenvalue weighted by atomic mass is 10.3. The number of hydrogen-bond acceptors (Lipinski definition) is 4. The van der Waals surface area contributed by atoms with Gasteiger partial charge in [-0.05, 0) is 18.7 Å². The van der Waals surface area contributed by atoms with Gasteiger partial charge in [0.1, 0.15) is 17.4 Å². The second kappa shape index (κ2) is 6.73. The van der Waals surface area contributed by atoms with Crippen LogP contribution in [-0.2, 0) is 13.2 Å². The number of para-hydroxylation sites is 1. The molecule has 0 saturated carbocycles. The van der Waals surface area contributed by atoms with Gasteiger partial charge in [0, 0.05) is 17.6 Å². The molecule has 1 heterocycles. The lowest BCUT2D eigenvalue weighted by molar-refractivity contribution is 0.306. The Morgan fingerprint density at radius 2 is 2.22 bits per heavy atom. The Hall–Kier alpha value is -1.10. The molecule has 96 valence electrons. The van der Waals surface area contributed by atoms with E-state index in [1.165, 1.54) is 4.88 Å². The van der Waals surface area contributed by atoms with E-state index in [4.69, 9.17) is 16.3 Å². The predicted molar refractivity (Wildman–Crippen MR) is 75.3 cm³/mol. The minimum atomic E-state index is 0.459. The smallest absolute Gasteiger partial charge is 0.140 e. The molecule has 0 fully saturated rings. The van der Waals surface area contributed by atoms with Gasteiger partial charge in [0.15, 0.2) is 0 Å². The van der Waals surface area contributed by atoms with Gasteiger partial charge in [0.2, 0.25) is 0 Å². The Bertz CT molecular complexity index is 501. The van der Waals surface area contributed by atoms with Crippen molar-refractivity contribution in [1.29, 1.82) is 0 Å². The van der Waals surface area contributed by atoms with Crippen molar-refractivity contribution < 1.29 is 4.74 Å². The number of hydrogen-bond donors (Lipinski definition) is 1. The van der Waals surface area contributed by atoms with Gasteiger partial charge in [-0.3, -0.25) is 0 Å². The monoisotopic (exact) mass is 282 g/mol. The molecule has 2 aromatic rings. The van der Waals surface area contributed by atoms with Crippen molar-refractivity contribution in [3.8, 4) is 5.75 Å². The summed E-state index contributed by atoms with van der Waals surface area (Å²) in [6.45, 7) is 4.37. The summed E-state index contributed by atoms with van der Waals surface area (Å²) in [4.78, 5) is 5.54. The molecule has 0 aliphatic heterocycles. The van der Waals surface area contributed by atoms with E-state index in [1.807, 2.05) is 30.5 Å². The van der Waals surface area contributed by atoms with Crippen molar-refractivity contribution in [3.63, 3.8) is 0 Å². The first-order chi connectivity index (χ1) is 8.79. The van der Waals surface area contributed by atoms with Crippen LogP contribution in [0.4, 0.5) is 0 Å². The van der Waals surface area contributed by atoms with Crippen LogP contribution in [0.3, 0.4) is 0 Å². The Kier molecular flexibility index (Phi) is 4.99. The highest BCUT2D eigenvalue weighted by molar-refractivity contribution is 7.11. The molecule has 1 N–H and O–H groups in total. The third-order valence-corrected chi connectivity index (χ3v) is 3.62. The number of aromatic nitrogens is 1. The summed E-state index contributed by atoms with van der Waals surface area (Å²) in [5, 5.41) is 4.86. The van der Waals surface area contributed by atoms with Crippen molar-refractivity contribution in [2.24, 2.45) is 0 Å². The molecular weight excluding hydrogens is 268 g/mol. The zero-order chi connectivity index (χ0) is 12.8. The summed E-state index contributed by atoms with van der Waals surface area (Å²) in [6, 6.07) is 7.46. The van der Waals surface area contributed by atoms with Crippen molar-refractivity contribution in [3.05, 3.63) is 45.4 Å². The maximum Gasteiger partial charge on any atom is 0.140 e. The van der Waals surface area contributed by atoms with Gasteiger partial charge in [-0.1, -0.05) is 30.7 Å². The molecule has 0 aliphatic rings. The Morgan fingerprint density at radius 3 is 3.00 bits per heavy atom. The van der Waals surface area contributed by atoms with Gasteiger partial charge >= 0.3 is 0 Å². The van der Waals surface area contributed by atoms with Crippen LogP contribution in [0, 0.1) is 0 Å². The maximum absolute atomic E-state index is 6.01. The number of thiazole rings is 1. The van der Waals surface area contributed by atoms with E-state index in [1.54, 1.807) is 11.3 Å². The predicted octanol–water partition coefficient (Wildman–Crippen LogP) is 3.49. The number of halogens is 1. The van der Waals surface area contributed by atoms with E-state index in [2.05, 4.69) is 17.2 Å². The van der Waals surface area contributed by atoms with E-state index in [0.717, 1.165) is 18.1 Å². The summed E-state index contributed by atoms with van der Waals surface area (Å²) in [5.74, 6) is 0.697. The fourth-order valence-corrected chi connectivity index (χ4v) is 2.44. The maximum atomic E-state index is 6.01. The largest absolute Gasteiger partial charge is 0.485 e. The highest BCUT2D eigenvalue weighted by atomic mass is 35.5. The molecule has 0 saturated heterocycles. The quantitative estimate of drug-likeness (QED) is 0.881. The third kappa shape index (κ3) is 3.70. The van der Waals surface area contributed by atoms with Crippen LogP contribution in [0.25, 0.3) is 0 Å². The summed E-state index contributed by atoms with van der Waals surface area (Å²) < 4.78 is 5.64. The van der Waals surface area contributed by atoms with Crippen molar-refractivity contribution in [2.75, 3.05) is 6.54 Å². The fourth-order valence-electron chi connectivity index (χ4n) is 1.45. The lowest BCUT2D eigenvalue weighted by Crippen LogP contribution is -2.10. The average molecular weight is 283 g/mol. The second-order valence-corrected chi connectivity index (χ2v) is 5.33. The van der Waals surface area contributed by atoms with Crippen LogP contribution in [-0.4, -0.2) is 11.5 Å². The van der Waals surface area contributed by atoms with Crippen LogP contribution >= 0.6 is 22.9 Å². The minimum Gasteiger partial charge on any atom is -0.485 e. The van der Waals surface area contributed by atoms with Gasteiger partial charge in [0.05, 0.1) is 5.02 Å². The van der Waals surface area contributed by atoms with Gasteiger partial charge in [-0.15, -0.1) is 11.3 Å². The number of nitrogens with one attached hydrogen (secondary N) is 1. The molecular formula is C13H15ClN2OS. The van der Waals surface area contributed by atoms with E-state index >= 15 is 0 Å². The summed E-state index contributed by atoms with van der Waals surface area (Å²) >= 11 is 7.67. The molecule has 2 rings (SSSR count). The van der Waals surface area contributed by atoms with Crippen molar-refractivity contribution >= 4 is 22.9 Å². The summed E-state index contributed by atoms with van der Waals surface area (Å²) in [6.07, 6.45) is 1.89. The minimum absolute atomic E-state index is 0.459.